The average molecular weight is 280 g/mol. The maximum atomic E-state index is 12.0. The zero-order chi connectivity index (χ0) is 14.7. The zero-order valence-electron chi connectivity index (χ0n) is 11.8. The number of carboxylic acid groups (broad SMARTS) is 1. The molecule has 0 aliphatic carbocycles. The number of aliphatic carboxylic acids is 1. The molecular formula is C14H20N2O4. The Morgan fingerprint density at radius 3 is 2.70 bits per heavy atom. The van der Waals surface area contributed by atoms with Gasteiger partial charge in [-0.2, -0.15) is 0 Å². The summed E-state index contributed by atoms with van der Waals surface area (Å²) in [5.74, 6) is 1.03. The highest BCUT2D eigenvalue weighted by atomic mass is 16.4. The molecule has 1 saturated heterocycles. The Hall–Kier alpha value is -1.82. The third-order valence-electron chi connectivity index (χ3n) is 3.47. The molecule has 0 spiro atoms. The van der Waals surface area contributed by atoms with Gasteiger partial charge >= 0.3 is 5.97 Å². The molecule has 20 heavy (non-hydrogen) atoms. The maximum Gasteiger partial charge on any atom is 0.303 e. The van der Waals surface area contributed by atoms with Crippen molar-refractivity contribution in [2.75, 3.05) is 26.7 Å². The highest BCUT2D eigenvalue weighted by molar-refractivity contribution is 5.78. The van der Waals surface area contributed by atoms with Crippen LogP contribution in [-0.2, 0) is 16.1 Å². The normalized spacial score (nSPS) is 15.9. The number of rotatable bonds is 6. The first-order valence-corrected chi connectivity index (χ1v) is 6.67. The van der Waals surface area contributed by atoms with Crippen molar-refractivity contribution >= 4 is 11.9 Å². The summed E-state index contributed by atoms with van der Waals surface area (Å²) >= 11 is 0. The molecule has 1 aliphatic heterocycles. The van der Waals surface area contributed by atoms with Crippen LogP contribution >= 0.6 is 0 Å². The van der Waals surface area contributed by atoms with Crippen LogP contribution in [0.4, 0.5) is 0 Å². The van der Waals surface area contributed by atoms with Crippen molar-refractivity contribution in [3.63, 3.8) is 0 Å². The molecule has 0 atom stereocenters. The summed E-state index contributed by atoms with van der Waals surface area (Å²) in [6.45, 7) is 4.04. The Balaban J connectivity index is 1.71. The summed E-state index contributed by atoms with van der Waals surface area (Å²) in [4.78, 5) is 26.2. The topological polar surface area (TPSA) is 74.0 Å². The Morgan fingerprint density at radius 2 is 2.15 bits per heavy atom. The van der Waals surface area contributed by atoms with E-state index in [0.717, 1.165) is 11.5 Å². The van der Waals surface area contributed by atoms with Gasteiger partial charge in [-0.15, -0.1) is 0 Å². The molecule has 0 aromatic carbocycles. The van der Waals surface area contributed by atoms with E-state index in [9.17, 15) is 9.59 Å². The number of furan rings is 1. The molecule has 0 bridgehead atoms. The van der Waals surface area contributed by atoms with Crippen LogP contribution in [0.3, 0.4) is 0 Å². The second-order valence-electron chi connectivity index (χ2n) is 5.42. The van der Waals surface area contributed by atoms with Crippen molar-refractivity contribution in [1.82, 2.24) is 9.80 Å². The molecule has 6 heteroatoms. The van der Waals surface area contributed by atoms with E-state index < -0.39 is 5.97 Å². The van der Waals surface area contributed by atoms with Gasteiger partial charge in [-0.3, -0.25) is 14.5 Å². The van der Waals surface area contributed by atoms with Crippen LogP contribution in [0.15, 0.2) is 16.5 Å². The summed E-state index contributed by atoms with van der Waals surface area (Å²) in [6, 6.07) is 3.74. The van der Waals surface area contributed by atoms with Gasteiger partial charge in [0.2, 0.25) is 5.91 Å². The summed E-state index contributed by atoms with van der Waals surface area (Å²) in [5.41, 5.74) is 0. The molecule has 2 heterocycles. The largest absolute Gasteiger partial charge is 0.481 e. The third kappa shape index (κ3) is 3.84. The molecular weight excluding hydrogens is 260 g/mol. The SMILES string of the molecule is Cc1ccc(CN(C)C(=O)CN2CC(CC(=O)O)C2)o1. The quantitative estimate of drug-likeness (QED) is 0.840. The fourth-order valence-electron chi connectivity index (χ4n) is 2.39. The van der Waals surface area contributed by atoms with Crippen LogP contribution in [-0.4, -0.2) is 53.5 Å². The number of likely N-dealkylation sites (N-methyl/N-ethyl adjacent to an activating group) is 1. The van der Waals surface area contributed by atoms with E-state index in [1.54, 1.807) is 11.9 Å². The Bertz CT molecular complexity index is 491. The number of amides is 1. The van der Waals surface area contributed by atoms with Gasteiger partial charge in [-0.1, -0.05) is 0 Å². The number of likely N-dealkylation sites (tertiary alicyclic amines) is 1. The van der Waals surface area contributed by atoms with Crippen molar-refractivity contribution < 1.29 is 19.1 Å². The van der Waals surface area contributed by atoms with E-state index in [2.05, 4.69) is 0 Å². The molecule has 1 amide bonds. The minimum atomic E-state index is -0.772. The fraction of sp³-hybridized carbons (Fsp3) is 0.571. The molecule has 1 aliphatic rings. The minimum absolute atomic E-state index is 0.0211. The standard InChI is InChI=1S/C14H20N2O4/c1-10-3-4-12(20-10)8-15(2)13(17)9-16-6-11(7-16)5-14(18)19/h3-4,11H,5-9H2,1-2H3,(H,18,19). The average Bonchev–Trinajstić information content (AvgIpc) is 2.71. The summed E-state index contributed by atoms with van der Waals surface area (Å²) in [7, 11) is 1.74. The van der Waals surface area contributed by atoms with Crippen molar-refractivity contribution in [3.05, 3.63) is 23.7 Å². The molecule has 1 fully saturated rings. The number of hydrogen-bond donors (Lipinski definition) is 1. The van der Waals surface area contributed by atoms with Gasteiger partial charge in [0.05, 0.1) is 19.5 Å². The molecule has 1 aromatic rings. The van der Waals surface area contributed by atoms with Gasteiger partial charge in [0.15, 0.2) is 0 Å². The molecule has 0 radical (unpaired) electrons. The lowest BCUT2D eigenvalue weighted by Crippen LogP contribution is -2.51. The number of carboxylic acids is 1. The number of carbonyl (C=O) groups excluding carboxylic acids is 1. The van der Waals surface area contributed by atoms with Crippen LogP contribution < -0.4 is 0 Å². The second-order valence-corrected chi connectivity index (χ2v) is 5.42. The summed E-state index contributed by atoms with van der Waals surface area (Å²) in [6.07, 6.45) is 0.187. The van der Waals surface area contributed by atoms with Gasteiger partial charge in [0, 0.05) is 20.1 Å². The van der Waals surface area contributed by atoms with E-state index in [4.69, 9.17) is 9.52 Å². The monoisotopic (exact) mass is 280 g/mol. The third-order valence-corrected chi connectivity index (χ3v) is 3.47. The van der Waals surface area contributed by atoms with E-state index in [1.165, 1.54) is 0 Å². The Kier molecular flexibility index (Phi) is 4.44. The van der Waals surface area contributed by atoms with Gasteiger partial charge < -0.3 is 14.4 Å². The predicted molar refractivity (Wildman–Crippen MR) is 72.1 cm³/mol. The highest BCUT2D eigenvalue weighted by Crippen LogP contribution is 2.19. The smallest absolute Gasteiger partial charge is 0.303 e. The minimum Gasteiger partial charge on any atom is -0.481 e. The highest BCUT2D eigenvalue weighted by Gasteiger charge is 2.30. The Labute approximate surface area is 118 Å². The van der Waals surface area contributed by atoms with Gasteiger partial charge in [0.25, 0.3) is 0 Å². The molecule has 0 saturated carbocycles. The van der Waals surface area contributed by atoms with E-state index in [-0.39, 0.29) is 18.2 Å². The second kappa shape index (κ2) is 6.09. The van der Waals surface area contributed by atoms with Gasteiger partial charge in [-0.25, -0.2) is 0 Å². The van der Waals surface area contributed by atoms with Crippen molar-refractivity contribution in [2.24, 2.45) is 5.92 Å². The fourth-order valence-corrected chi connectivity index (χ4v) is 2.39. The predicted octanol–water partition coefficient (Wildman–Crippen LogP) is 0.953. The molecule has 2 rings (SSSR count). The molecule has 6 nitrogen and oxygen atoms in total. The lowest BCUT2D eigenvalue weighted by Gasteiger charge is -2.38. The van der Waals surface area contributed by atoms with Gasteiger partial charge in [-0.05, 0) is 25.0 Å². The summed E-state index contributed by atoms with van der Waals surface area (Å²) in [5, 5.41) is 8.67. The van der Waals surface area contributed by atoms with Crippen molar-refractivity contribution in [2.45, 2.75) is 19.9 Å². The van der Waals surface area contributed by atoms with Crippen molar-refractivity contribution in [3.8, 4) is 0 Å². The number of hydrogen-bond acceptors (Lipinski definition) is 4. The summed E-state index contributed by atoms with van der Waals surface area (Å²) < 4.78 is 5.44. The lowest BCUT2D eigenvalue weighted by molar-refractivity contribution is -0.140. The lowest BCUT2D eigenvalue weighted by atomic mass is 9.96. The number of carbonyl (C=O) groups is 2. The van der Waals surface area contributed by atoms with Crippen LogP contribution in [0, 0.1) is 12.8 Å². The molecule has 1 N–H and O–H groups in total. The van der Waals surface area contributed by atoms with Crippen LogP contribution in [0.2, 0.25) is 0 Å². The maximum absolute atomic E-state index is 12.0. The first-order valence-electron chi connectivity index (χ1n) is 6.67. The first kappa shape index (κ1) is 14.6. The van der Waals surface area contributed by atoms with E-state index in [1.807, 2.05) is 24.0 Å². The molecule has 110 valence electrons. The van der Waals surface area contributed by atoms with Crippen LogP contribution in [0.25, 0.3) is 0 Å². The number of aryl methyl sites for hydroxylation is 1. The first-order chi connectivity index (χ1) is 9.44. The van der Waals surface area contributed by atoms with Crippen molar-refractivity contribution in [1.29, 1.82) is 0 Å². The zero-order valence-corrected chi connectivity index (χ0v) is 11.8. The molecule has 0 unspecified atom stereocenters. The van der Waals surface area contributed by atoms with E-state index in [0.29, 0.717) is 26.2 Å². The Morgan fingerprint density at radius 1 is 1.45 bits per heavy atom. The number of nitrogens with zero attached hydrogens (tertiary/aromatic N) is 2. The van der Waals surface area contributed by atoms with Gasteiger partial charge in [0.1, 0.15) is 11.5 Å². The van der Waals surface area contributed by atoms with Crippen LogP contribution in [0.5, 0.6) is 0 Å². The van der Waals surface area contributed by atoms with E-state index >= 15 is 0 Å². The van der Waals surface area contributed by atoms with Crippen LogP contribution in [0.1, 0.15) is 17.9 Å². The molecule has 1 aromatic heterocycles.